The Balaban J connectivity index is 2.35. The molecule has 1 aromatic heterocycles. The number of halogens is 1. The molecule has 1 heterocycles. The Morgan fingerprint density at radius 1 is 1.53 bits per heavy atom. The van der Waals surface area contributed by atoms with Crippen molar-refractivity contribution in [1.29, 1.82) is 0 Å². The first-order valence-electron chi connectivity index (χ1n) is 5.74. The van der Waals surface area contributed by atoms with Crippen LogP contribution in [0.3, 0.4) is 0 Å². The molecular weight excluding hydrogens is 266 g/mol. The summed E-state index contributed by atoms with van der Waals surface area (Å²) >= 11 is 6.03. The minimum atomic E-state index is -0.203. The van der Waals surface area contributed by atoms with Crippen molar-refractivity contribution in [2.24, 2.45) is 0 Å². The minimum absolute atomic E-state index is 0.203. The molecule has 0 unspecified atom stereocenters. The van der Waals surface area contributed by atoms with Gasteiger partial charge in [0.05, 0.1) is 24.4 Å². The van der Waals surface area contributed by atoms with E-state index in [2.05, 4.69) is 5.10 Å². The van der Waals surface area contributed by atoms with E-state index >= 15 is 0 Å². The number of ether oxygens (including phenoxy) is 1. The second-order valence-electron chi connectivity index (χ2n) is 4.01. The molecule has 1 aromatic carbocycles. The molecule has 0 aliphatic rings. The minimum Gasteiger partial charge on any atom is -0.399 e. The lowest BCUT2D eigenvalue weighted by molar-refractivity contribution is 0.102. The van der Waals surface area contributed by atoms with Crippen molar-refractivity contribution in [3.05, 3.63) is 46.7 Å². The summed E-state index contributed by atoms with van der Waals surface area (Å²) in [7, 11) is 1.59. The molecule has 2 N–H and O–H groups in total. The van der Waals surface area contributed by atoms with Gasteiger partial charge < -0.3 is 10.5 Å². The molecule has 0 atom stereocenters. The highest BCUT2D eigenvalue weighted by molar-refractivity contribution is 6.34. The summed E-state index contributed by atoms with van der Waals surface area (Å²) in [6, 6.07) is 6.77. The highest BCUT2D eigenvalue weighted by Crippen LogP contribution is 2.20. The number of ketones is 1. The first-order valence-corrected chi connectivity index (χ1v) is 6.11. The number of nitrogens with zero attached hydrogens (tertiary/aromatic N) is 2. The normalized spacial score (nSPS) is 10.6. The van der Waals surface area contributed by atoms with Crippen molar-refractivity contribution in [3.63, 3.8) is 0 Å². The summed E-state index contributed by atoms with van der Waals surface area (Å²) in [5.41, 5.74) is 7.05. The molecule has 0 radical (unpaired) electrons. The topological polar surface area (TPSA) is 70.1 Å². The number of methoxy groups -OCH3 is 1. The van der Waals surface area contributed by atoms with Crippen molar-refractivity contribution in [1.82, 2.24) is 9.78 Å². The number of anilines is 1. The molecule has 5 nitrogen and oxygen atoms in total. The maximum atomic E-state index is 12.4. The first-order chi connectivity index (χ1) is 9.13. The average Bonchev–Trinajstić information content (AvgIpc) is 2.76. The van der Waals surface area contributed by atoms with Gasteiger partial charge in [-0.15, -0.1) is 0 Å². The van der Waals surface area contributed by atoms with Gasteiger partial charge in [0.1, 0.15) is 5.69 Å². The summed E-state index contributed by atoms with van der Waals surface area (Å²) < 4.78 is 6.52. The zero-order valence-corrected chi connectivity index (χ0v) is 11.2. The van der Waals surface area contributed by atoms with E-state index in [1.54, 1.807) is 31.4 Å². The largest absolute Gasteiger partial charge is 0.399 e. The van der Waals surface area contributed by atoms with Gasteiger partial charge in [-0.05, 0) is 12.1 Å². The lowest BCUT2D eigenvalue weighted by Gasteiger charge is -2.07. The smallest absolute Gasteiger partial charge is 0.212 e. The Kier molecular flexibility index (Phi) is 4.19. The van der Waals surface area contributed by atoms with Crippen molar-refractivity contribution >= 4 is 23.1 Å². The second-order valence-corrected chi connectivity index (χ2v) is 4.42. The number of carbonyl (C=O) groups excluding carboxylic acids is 1. The van der Waals surface area contributed by atoms with E-state index in [1.807, 2.05) is 0 Å². The number of hydrogen-bond donors (Lipinski definition) is 1. The van der Waals surface area contributed by atoms with Crippen LogP contribution in [0, 0.1) is 0 Å². The molecule has 0 bridgehead atoms. The van der Waals surface area contributed by atoms with Crippen molar-refractivity contribution in [2.75, 3.05) is 19.5 Å². The molecule has 19 heavy (non-hydrogen) atoms. The van der Waals surface area contributed by atoms with E-state index in [1.165, 1.54) is 10.9 Å². The van der Waals surface area contributed by atoms with Crippen LogP contribution in [0.1, 0.15) is 16.1 Å². The van der Waals surface area contributed by atoms with Crippen LogP contribution in [0.15, 0.2) is 30.5 Å². The second kappa shape index (κ2) is 5.86. The quantitative estimate of drug-likeness (QED) is 0.671. The van der Waals surface area contributed by atoms with Crippen LogP contribution in [0.25, 0.3) is 0 Å². The van der Waals surface area contributed by atoms with E-state index in [0.717, 1.165) is 0 Å². The van der Waals surface area contributed by atoms with E-state index in [9.17, 15) is 4.79 Å². The lowest BCUT2D eigenvalue weighted by atomic mass is 10.1. The number of hydrogen-bond acceptors (Lipinski definition) is 4. The third-order valence-electron chi connectivity index (χ3n) is 2.67. The van der Waals surface area contributed by atoms with E-state index in [0.29, 0.717) is 35.1 Å². The third kappa shape index (κ3) is 2.94. The highest BCUT2D eigenvalue weighted by Gasteiger charge is 2.19. The fourth-order valence-corrected chi connectivity index (χ4v) is 1.98. The number of carbonyl (C=O) groups is 1. The number of aromatic nitrogens is 2. The SMILES string of the molecule is COCCn1ncc(Cl)c1C(=O)c1cccc(N)c1. The van der Waals surface area contributed by atoms with Gasteiger partial charge in [-0.1, -0.05) is 23.7 Å². The lowest BCUT2D eigenvalue weighted by Crippen LogP contribution is -2.14. The van der Waals surface area contributed by atoms with Gasteiger partial charge in [0.2, 0.25) is 5.78 Å². The Labute approximate surface area is 115 Å². The number of rotatable bonds is 5. The van der Waals surface area contributed by atoms with Crippen molar-refractivity contribution in [3.8, 4) is 0 Å². The molecule has 2 aromatic rings. The van der Waals surface area contributed by atoms with Crippen LogP contribution in [0.5, 0.6) is 0 Å². The third-order valence-corrected chi connectivity index (χ3v) is 2.94. The number of nitrogens with two attached hydrogens (primary N) is 1. The zero-order chi connectivity index (χ0) is 13.8. The molecule has 0 amide bonds. The fourth-order valence-electron chi connectivity index (χ4n) is 1.75. The van der Waals surface area contributed by atoms with Crippen LogP contribution in [0.4, 0.5) is 5.69 Å². The van der Waals surface area contributed by atoms with Gasteiger partial charge in [-0.25, -0.2) is 0 Å². The van der Waals surface area contributed by atoms with Crippen molar-refractivity contribution in [2.45, 2.75) is 6.54 Å². The van der Waals surface area contributed by atoms with E-state index < -0.39 is 0 Å². The molecule has 0 aliphatic carbocycles. The van der Waals surface area contributed by atoms with Gasteiger partial charge >= 0.3 is 0 Å². The predicted molar refractivity (Wildman–Crippen MR) is 73.4 cm³/mol. The molecular formula is C13H14ClN3O2. The van der Waals surface area contributed by atoms with Gasteiger partial charge in [0, 0.05) is 18.4 Å². The highest BCUT2D eigenvalue weighted by atomic mass is 35.5. The Morgan fingerprint density at radius 3 is 3.00 bits per heavy atom. The molecule has 2 rings (SSSR count). The summed E-state index contributed by atoms with van der Waals surface area (Å²) in [6.07, 6.45) is 1.46. The van der Waals surface area contributed by atoms with Gasteiger partial charge in [-0.2, -0.15) is 5.10 Å². The summed E-state index contributed by atoms with van der Waals surface area (Å²) in [5, 5.41) is 4.40. The Hall–Kier alpha value is -1.85. The van der Waals surface area contributed by atoms with Gasteiger partial charge in [0.25, 0.3) is 0 Å². The standard InChI is InChI=1S/C13H14ClN3O2/c1-19-6-5-17-12(11(14)8-16-17)13(18)9-3-2-4-10(15)7-9/h2-4,7-8H,5-6,15H2,1H3. The zero-order valence-electron chi connectivity index (χ0n) is 10.5. The molecule has 0 aliphatic heterocycles. The van der Waals surface area contributed by atoms with Crippen molar-refractivity contribution < 1.29 is 9.53 Å². The first kappa shape index (κ1) is 13.6. The predicted octanol–water partition coefficient (Wildman–Crippen LogP) is 2.00. The Morgan fingerprint density at radius 2 is 2.32 bits per heavy atom. The van der Waals surface area contributed by atoms with Crippen LogP contribution in [0.2, 0.25) is 5.02 Å². The number of nitrogen functional groups attached to an aromatic ring is 1. The molecule has 0 fully saturated rings. The molecule has 0 saturated heterocycles. The van der Waals surface area contributed by atoms with Crippen LogP contribution < -0.4 is 5.73 Å². The van der Waals surface area contributed by atoms with Crippen LogP contribution >= 0.6 is 11.6 Å². The maximum absolute atomic E-state index is 12.4. The monoisotopic (exact) mass is 279 g/mol. The van der Waals surface area contributed by atoms with E-state index in [-0.39, 0.29) is 5.78 Å². The summed E-state index contributed by atoms with van der Waals surface area (Å²) in [4.78, 5) is 12.4. The summed E-state index contributed by atoms with van der Waals surface area (Å²) in [6.45, 7) is 0.918. The fraction of sp³-hybridized carbons (Fsp3) is 0.231. The molecule has 100 valence electrons. The number of benzene rings is 1. The Bertz CT molecular complexity index is 595. The summed E-state index contributed by atoms with van der Waals surface area (Å²) in [5.74, 6) is -0.203. The average molecular weight is 280 g/mol. The maximum Gasteiger partial charge on any atom is 0.212 e. The van der Waals surface area contributed by atoms with Gasteiger partial charge in [-0.3, -0.25) is 9.48 Å². The molecule has 6 heteroatoms. The van der Waals surface area contributed by atoms with Gasteiger partial charge in [0.15, 0.2) is 0 Å². The van der Waals surface area contributed by atoms with Crippen LogP contribution in [-0.2, 0) is 11.3 Å². The molecule has 0 saturated carbocycles. The van der Waals surface area contributed by atoms with E-state index in [4.69, 9.17) is 22.1 Å². The molecule has 0 spiro atoms. The van der Waals surface area contributed by atoms with Crippen LogP contribution in [-0.4, -0.2) is 29.3 Å².